The highest BCUT2D eigenvalue weighted by molar-refractivity contribution is 5.83. The van der Waals surface area contributed by atoms with Crippen molar-refractivity contribution in [1.82, 2.24) is 15.0 Å². The van der Waals surface area contributed by atoms with Crippen LogP contribution in [0.5, 0.6) is 0 Å². The van der Waals surface area contributed by atoms with Crippen molar-refractivity contribution in [2.45, 2.75) is 33.2 Å². The van der Waals surface area contributed by atoms with Crippen molar-refractivity contribution >= 4 is 6.29 Å². The third-order valence-electron chi connectivity index (χ3n) is 4.33. The Balaban J connectivity index is 1.82. The number of carbonyl (C=O) groups excluding carboxylic acids is 1. The normalized spacial score (nSPS) is 10.8. The number of nitrogens with zero attached hydrogens (tertiary/aromatic N) is 3. The van der Waals surface area contributed by atoms with Crippen LogP contribution < -0.4 is 0 Å². The molecule has 0 aliphatic rings. The molecule has 0 saturated carbocycles. The summed E-state index contributed by atoms with van der Waals surface area (Å²) in [6, 6.07) is 16.6. The molecule has 0 aliphatic carbocycles. The summed E-state index contributed by atoms with van der Waals surface area (Å²) in [5, 5.41) is 8.22. The van der Waals surface area contributed by atoms with Crippen LogP contribution >= 0.6 is 0 Å². The van der Waals surface area contributed by atoms with Gasteiger partial charge in [0.05, 0.1) is 5.69 Å². The van der Waals surface area contributed by atoms with Crippen LogP contribution in [0.2, 0.25) is 0 Å². The van der Waals surface area contributed by atoms with Gasteiger partial charge in [0.25, 0.3) is 0 Å². The van der Waals surface area contributed by atoms with E-state index in [9.17, 15) is 4.79 Å². The lowest BCUT2D eigenvalue weighted by molar-refractivity contribution is 0.111. The smallest absolute Gasteiger partial charge is 0.172 e. The minimum Gasteiger partial charge on any atom is -0.296 e. The Hall–Kier alpha value is -2.75. The Morgan fingerprint density at radius 2 is 1.83 bits per heavy atom. The topological polar surface area (TPSA) is 47.8 Å². The standard InChI is InChI=1S/C20H21N3O/c1-15-10-11-18(13-16(15)2)20-19(14-24)21-22-23(20)12-6-9-17-7-4-3-5-8-17/h3-5,7-8,10-11,13-14H,6,9,12H2,1-2H3. The number of aryl methyl sites for hydroxylation is 4. The molecule has 1 aromatic heterocycles. The van der Waals surface area contributed by atoms with Crippen molar-refractivity contribution in [2.75, 3.05) is 0 Å². The van der Waals surface area contributed by atoms with Gasteiger partial charge in [-0.25, -0.2) is 4.68 Å². The zero-order valence-electron chi connectivity index (χ0n) is 14.1. The first kappa shape index (κ1) is 16.1. The molecule has 3 rings (SSSR count). The maximum Gasteiger partial charge on any atom is 0.172 e. The van der Waals surface area contributed by atoms with E-state index in [1.807, 2.05) is 16.8 Å². The van der Waals surface area contributed by atoms with E-state index in [4.69, 9.17) is 0 Å². The summed E-state index contributed by atoms with van der Waals surface area (Å²) < 4.78 is 1.84. The van der Waals surface area contributed by atoms with Crippen LogP contribution in [0.25, 0.3) is 11.3 Å². The SMILES string of the molecule is Cc1ccc(-c2c(C=O)nnn2CCCc2ccccc2)cc1C. The van der Waals surface area contributed by atoms with Crippen LogP contribution in [0.1, 0.15) is 33.6 Å². The molecule has 0 spiro atoms. The third kappa shape index (κ3) is 3.43. The molecule has 0 unspecified atom stereocenters. The van der Waals surface area contributed by atoms with Gasteiger partial charge in [-0.15, -0.1) is 5.10 Å². The van der Waals surface area contributed by atoms with Gasteiger partial charge in [0.1, 0.15) is 0 Å². The fourth-order valence-electron chi connectivity index (χ4n) is 2.83. The zero-order valence-corrected chi connectivity index (χ0v) is 14.1. The van der Waals surface area contributed by atoms with Crippen LogP contribution in [0, 0.1) is 13.8 Å². The number of benzene rings is 2. The van der Waals surface area contributed by atoms with Crippen LogP contribution in [0.3, 0.4) is 0 Å². The van der Waals surface area contributed by atoms with E-state index in [2.05, 4.69) is 60.6 Å². The Morgan fingerprint density at radius 3 is 2.54 bits per heavy atom. The maximum absolute atomic E-state index is 11.3. The van der Waals surface area contributed by atoms with Crippen molar-refractivity contribution in [2.24, 2.45) is 0 Å². The van der Waals surface area contributed by atoms with Gasteiger partial charge < -0.3 is 0 Å². The fraction of sp³-hybridized carbons (Fsp3) is 0.250. The highest BCUT2D eigenvalue weighted by Gasteiger charge is 2.14. The number of hydrogen-bond acceptors (Lipinski definition) is 3. The van der Waals surface area contributed by atoms with E-state index in [-0.39, 0.29) is 0 Å². The average Bonchev–Trinajstić information content (AvgIpc) is 3.01. The van der Waals surface area contributed by atoms with E-state index < -0.39 is 0 Å². The zero-order chi connectivity index (χ0) is 16.9. The van der Waals surface area contributed by atoms with Gasteiger partial charge in [-0.2, -0.15) is 0 Å². The summed E-state index contributed by atoms with van der Waals surface area (Å²) in [7, 11) is 0. The highest BCUT2D eigenvalue weighted by Crippen LogP contribution is 2.24. The van der Waals surface area contributed by atoms with Crippen LogP contribution in [0.15, 0.2) is 48.5 Å². The molecule has 4 heteroatoms. The van der Waals surface area contributed by atoms with Gasteiger partial charge in [-0.3, -0.25) is 4.79 Å². The van der Waals surface area contributed by atoms with Gasteiger partial charge in [0, 0.05) is 12.1 Å². The molecule has 4 nitrogen and oxygen atoms in total. The maximum atomic E-state index is 11.3. The lowest BCUT2D eigenvalue weighted by atomic mass is 10.0. The van der Waals surface area contributed by atoms with Crippen LogP contribution in [-0.4, -0.2) is 21.3 Å². The molecule has 0 aliphatic heterocycles. The Kier molecular flexibility index (Phi) is 4.85. The second-order valence-corrected chi connectivity index (χ2v) is 6.05. The summed E-state index contributed by atoms with van der Waals surface area (Å²) >= 11 is 0. The molecule has 0 saturated heterocycles. The van der Waals surface area contributed by atoms with E-state index in [0.29, 0.717) is 5.69 Å². The average molecular weight is 319 g/mol. The molecule has 122 valence electrons. The Bertz CT molecular complexity index is 837. The number of rotatable bonds is 6. The second kappa shape index (κ2) is 7.21. The minimum atomic E-state index is 0.401. The molecule has 24 heavy (non-hydrogen) atoms. The van der Waals surface area contributed by atoms with Crippen molar-refractivity contribution in [1.29, 1.82) is 0 Å². The van der Waals surface area contributed by atoms with E-state index in [1.165, 1.54) is 16.7 Å². The first-order valence-electron chi connectivity index (χ1n) is 8.19. The molecule has 0 fully saturated rings. The summed E-state index contributed by atoms with van der Waals surface area (Å²) in [6.45, 7) is 4.89. The summed E-state index contributed by atoms with van der Waals surface area (Å²) in [4.78, 5) is 11.3. The highest BCUT2D eigenvalue weighted by atomic mass is 16.1. The van der Waals surface area contributed by atoms with E-state index in [1.54, 1.807) is 0 Å². The molecule has 0 atom stereocenters. The van der Waals surface area contributed by atoms with Gasteiger partial charge in [-0.05, 0) is 49.4 Å². The Labute approximate surface area is 142 Å². The monoisotopic (exact) mass is 319 g/mol. The largest absolute Gasteiger partial charge is 0.296 e. The first-order chi connectivity index (χ1) is 11.7. The van der Waals surface area contributed by atoms with E-state index in [0.717, 1.165) is 36.9 Å². The number of hydrogen-bond donors (Lipinski definition) is 0. The van der Waals surface area contributed by atoms with Gasteiger partial charge >= 0.3 is 0 Å². The lowest BCUT2D eigenvalue weighted by Gasteiger charge is -2.09. The van der Waals surface area contributed by atoms with Crippen molar-refractivity contribution in [3.05, 3.63) is 70.9 Å². The van der Waals surface area contributed by atoms with Crippen LogP contribution in [0.4, 0.5) is 0 Å². The van der Waals surface area contributed by atoms with Crippen LogP contribution in [-0.2, 0) is 13.0 Å². The first-order valence-corrected chi connectivity index (χ1v) is 8.19. The Morgan fingerprint density at radius 1 is 1.04 bits per heavy atom. The summed E-state index contributed by atoms with van der Waals surface area (Å²) in [5.41, 5.74) is 5.93. The molecular weight excluding hydrogens is 298 g/mol. The summed E-state index contributed by atoms with van der Waals surface area (Å²) in [5.74, 6) is 0. The second-order valence-electron chi connectivity index (χ2n) is 6.05. The predicted octanol–water partition coefficient (Wildman–Crippen LogP) is 4.01. The molecule has 0 amide bonds. The van der Waals surface area contributed by atoms with Crippen molar-refractivity contribution in [3.63, 3.8) is 0 Å². The summed E-state index contributed by atoms with van der Waals surface area (Å²) in [6.07, 6.45) is 2.71. The molecule has 3 aromatic rings. The molecule has 0 bridgehead atoms. The number of aromatic nitrogens is 3. The minimum absolute atomic E-state index is 0.401. The van der Waals surface area contributed by atoms with Gasteiger partial charge in [-0.1, -0.05) is 47.7 Å². The van der Waals surface area contributed by atoms with Gasteiger partial charge in [0.2, 0.25) is 0 Å². The molecule has 0 radical (unpaired) electrons. The molecule has 1 heterocycles. The fourth-order valence-corrected chi connectivity index (χ4v) is 2.83. The van der Waals surface area contributed by atoms with Gasteiger partial charge in [0.15, 0.2) is 12.0 Å². The predicted molar refractivity (Wildman–Crippen MR) is 95.1 cm³/mol. The van der Waals surface area contributed by atoms with Crippen molar-refractivity contribution < 1.29 is 4.79 Å². The number of carbonyl (C=O) groups is 1. The lowest BCUT2D eigenvalue weighted by Crippen LogP contribution is -2.05. The van der Waals surface area contributed by atoms with Crippen molar-refractivity contribution in [3.8, 4) is 11.3 Å². The molecule has 0 N–H and O–H groups in total. The molecular formula is C20H21N3O. The molecule has 2 aromatic carbocycles. The third-order valence-corrected chi connectivity index (χ3v) is 4.33. The van der Waals surface area contributed by atoms with E-state index >= 15 is 0 Å². The quantitative estimate of drug-likeness (QED) is 0.645. The number of aldehydes is 1.